The summed E-state index contributed by atoms with van der Waals surface area (Å²) in [6.45, 7) is 4.63. The number of aromatic nitrogens is 3. The summed E-state index contributed by atoms with van der Waals surface area (Å²) in [6, 6.07) is 16.1. The summed E-state index contributed by atoms with van der Waals surface area (Å²) in [5, 5.41) is 11.6. The molecule has 0 spiro atoms. The number of nitrogens with zero attached hydrogens (tertiary/aromatic N) is 3. The number of hydrogen-bond donors (Lipinski definition) is 1. The van der Waals surface area contributed by atoms with E-state index in [0.717, 1.165) is 30.2 Å². The molecular formula is C21H22N4O. The SMILES string of the molecule is CC(C)c1ccc(C(=O)NCc2nnc3n2-c2ccccc2CC3)cc1. The molecule has 0 fully saturated rings. The predicted octanol–water partition coefficient (Wildman–Crippen LogP) is 3.42. The van der Waals surface area contributed by atoms with Crippen molar-refractivity contribution in [1.82, 2.24) is 20.1 Å². The van der Waals surface area contributed by atoms with Crippen molar-refractivity contribution in [3.05, 3.63) is 76.9 Å². The van der Waals surface area contributed by atoms with Crippen LogP contribution in [0.3, 0.4) is 0 Å². The summed E-state index contributed by atoms with van der Waals surface area (Å²) in [5.41, 5.74) is 4.29. The maximum atomic E-state index is 12.5. The van der Waals surface area contributed by atoms with Gasteiger partial charge in [0.05, 0.1) is 12.2 Å². The first-order chi connectivity index (χ1) is 12.6. The molecule has 5 nitrogen and oxygen atoms in total. The summed E-state index contributed by atoms with van der Waals surface area (Å²) in [5.74, 6) is 2.07. The second-order valence-electron chi connectivity index (χ2n) is 6.96. The molecule has 0 saturated carbocycles. The zero-order chi connectivity index (χ0) is 18.1. The van der Waals surface area contributed by atoms with Crippen LogP contribution >= 0.6 is 0 Å². The zero-order valence-electron chi connectivity index (χ0n) is 15.1. The second-order valence-corrected chi connectivity index (χ2v) is 6.96. The van der Waals surface area contributed by atoms with E-state index in [1.165, 1.54) is 11.1 Å². The van der Waals surface area contributed by atoms with Crippen LogP contribution in [0, 0.1) is 0 Å². The molecule has 26 heavy (non-hydrogen) atoms. The molecule has 0 bridgehead atoms. The van der Waals surface area contributed by atoms with E-state index in [-0.39, 0.29) is 5.91 Å². The highest BCUT2D eigenvalue weighted by atomic mass is 16.1. The van der Waals surface area contributed by atoms with Gasteiger partial charge in [0.1, 0.15) is 5.82 Å². The van der Waals surface area contributed by atoms with Crippen LogP contribution in [-0.2, 0) is 19.4 Å². The minimum Gasteiger partial charge on any atom is -0.345 e. The lowest BCUT2D eigenvalue weighted by atomic mass is 10.0. The molecule has 0 atom stereocenters. The van der Waals surface area contributed by atoms with Gasteiger partial charge in [-0.2, -0.15) is 0 Å². The fourth-order valence-corrected chi connectivity index (χ4v) is 3.38. The third-order valence-electron chi connectivity index (χ3n) is 4.89. The van der Waals surface area contributed by atoms with Crippen molar-refractivity contribution in [3.8, 4) is 5.69 Å². The topological polar surface area (TPSA) is 59.8 Å². The van der Waals surface area contributed by atoms with Gasteiger partial charge in [-0.05, 0) is 41.7 Å². The highest BCUT2D eigenvalue weighted by molar-refractivity contribution is 5.94. The van der Waals surface area contributed by atoms with Crippen molar-refractivity contribution >= 4 is 5.91 Å². The Kier molecular flexibility index (Phi) is 4.29. The smallest absolute Gasteiger partial charge is 0.251 e. The Bertz CT molecular complexity index is 941. The number of para-hydroxylation sites is 1. The normalized spacial score (nSPS) is 12.6. The van der Waals surface area contributed by atoms with E-state index in [9.17, 15) is 4.79 Å². The van der Waals surface area contributed by atoms with Gasteiger partial charge in [0.25, 0.3) is 5.91 Å². The van der Waals surface area contributed by atoms with Gasteiger partial charge in [-0.3, -0.25) is 9.36 Å². The molecule has 1 amide bonds. The van der Waals surface area contributed by atoms with Gasteiger partial charge in [0, 0.05) is 12.0 Å². The highest BCUT2D eigenvalue weighted by Gasteiger charge is 2.21. The number of aryl methyl sites for hydroxylation is 2. The molecule has 1 N–H and O–H groups in total. The molecule has 5 heteroatoms. The molecule has 3 aromatic rings. The van der Waals surface area contributed by atoms with E-state index in [4.69, 9.17) is 0 Å². The standard InChI is InChI=1S/C21H22N4O/c1-14(2)15-7-9-17(10-8-15)21(26)22-13-20-24-23-19-12-11-16-5-3-4-6-18(16)25(19)20/h3-10,14H,11-13H2,1-2H3,(H,22,26). The number of amides is 1. The van der Waals surface area contributed by atoms with Crippen molar-refractivity contribution in [3.63, 3.8) is 0 Å². The third-order valence-corrected chi connectivity index (χ3v) is 4.89. The van der Waals surface area contributed by atoms with E-state index in [0.29, 0.717) is 18.0 Å². The summed E-state index contributed by atoms with van der Waals surface area (Å²) in [7, 11) is 0. The van der Waals surface area contributed by atoms with Crippen LogP contribution in [0.15, 0.2) is 48.5 Å². The second kappa shape index (κ2) is 6.75. The van der Waals surface area contributed by atoms with Gasteiger partial charge in [-0.15, -0.1) is 10.2 Å². The molecule has 0 saturated heterocycles. The number of hydrogen-bond acceptors (Lipinski definition) is 3. The lowest BCUT2D eigenvalue weighted by Crippen LogP contribution is -2.25. The summed E-state index contributed by atoms with van der Waals surface area (Å²) < 4.78 is 2.07. The van der Waals surface area contributed by atoms with Crippen LogP contribution in [0.5, 0.6) is 0 Å². The molecule has 0 radical (unpaired) electrons. The average Bonchev–Trinajstić information content (AvgIpc) is 3.10. The van der Waals surface area contributed by atoms with Gasteiger partial charge in [-0.1, -0.05) is 44.2 Å². The fraction of sp³-hybridized carbons (Fsp3) is 0.286. The lowest BCUT2D eigenvalue weighted by molar-refractivity contribution is 0.0949. The van der Waals surface area contributed by atoms with Crippen LogP contribution in [0.1, 0.15) is 52.9 Å². The maximum absolute atomic E-state index is 12.5. The summed E-state index contributed by atoms with van der Waals surface area (Å²) >= 11 is 0. The minimum atomic E-state index is -0.0956. The van der Waals surface area contributed by atoms with Crippen LogP contribution in [0.25, 0.3) is 5.69 Å². The molecular weight excluding hydrogens is 324 g/mol. The van der Waals surface area contributed by atoms with Crippen LogP contribution in [-0.4, -0.2) is 20.7 Å². The molecule has 2 heterocycles. The molecule has 2 aromatic carbocycles. The maximum Gasteiger partial charge on any atom is 0.251 e. The Morgan fingerprint density at radius 1 is 1.08 bits per heavy atom. The largest absolute Gasteiger partial charge is 0.345 e. The van der Waals surface area contributed by atoms with E-state index < -0.39 is 0 Å². The average molecular weight is 346 g/mol. The van der Waals surface area contributed by atoms with Crippen LogP contribution < -0.4 is 5.32 Å². The van der Waals surface area contributed by atoms with Crippen LogP contribution in [0.4, 0.5) is 0 Å². The number of carbonyl (C=O) groups is 1. The molecule has 1 aromatic heterocycles. The third kappa shape index (κ3) is 3.01. The Balaban J connectivity index is 1.51. The van der Waals surface area contributed by atoms with Crippen LogP contribution in [0.2, 0.25) is 0 Å². The van der Waals surface area contributed by atoms with Gasteiger partial charge in [-0.25, -0.2) is 0 Å². The Hall–Kier alpha value is -2.95. The van der Waals surface area contributed by atoms with Gasteiger partial charge >= 0.3 is 0 Å². The summed E-state index contributed by atoms with van der Waals surface area (Å²) in [4.78, 5) is 12.5. The Morgan fingerprint density at radius 3 is 2.62 bits per heavy atom. The number of carbonyl (C=O) groups excluding carboxylic acids is 1. The Labute approximate surface area is 153 Å². The van der Waals surface area contributed by atoms with Gasteiger partial charge in [0.2, 0.25) is 0 Å². The monoisotopic (exact) mass is 346 g/mol. The van der Waals surface area contributed by atoms with Crippen molar-refractivity contribution in [1.29, 1.82) is 0 Å². The molecule has 0 unspecified atom stereocenters. The van der Waals surface area contributed by atoms with Crippen molar-refractivity contribution in [2.45, 2.75) is 39.2 Å². The number of rotatable bonds is 4. The number of nitrogens with one attached hydrogen (secondary N) is 1. The van der Waals surface area contributed by atoms with E-state index in [1.54, 1.807) is 0 Å². The molecule has 4 rings (SSSR count). The van der Waals surface area contributed by atoms with Crippen molar-refractivity contribution < 1.29 is 4.79 Å². The highest BCUT2D eigenvalue weighted by Crippen LogP contribution is 2.24. The van der Waals surface area contributed by atoms with E-state index >= 15 is 0 Å². The molecule has 132 valence electrons. The number of fused-ring (bicyclic) bond motifs is 3. The van der Waals surface area contributed by atoms with Gasteiger partial charge in [0.15, 0.2) is 5.82 Å². The quantitative estimate of drug-likeness (QED) is 0.787. The fourth-order valence-electron chi connectivity index (χ4n) is 3.38. The van der Waals surface area contributed by atoms with Crippen molar-refractivity contribution in [2.24, 2.45) is 0 Å². The first-order valence-corrected chi connectivity index (χ1v) is 9.03. The zero-order valence-corrected chi connectivity index (χ0v) is 15.1. The van der Waals surface area contributed by atoms with E-state index in [1.807, 2.05) is 30.3 Å². The summed E-state index contributed by atoms with van der Waals surface area (Å²) in [6.07, 6.45) is 1.84. The first-order valence-electron chi connectivity index (χ1n) is 9.03. The number of benzene rings is 2. The predicted molar refractivity (Wildman–Crippen MR) is 100 cm³/mol. The minimum absolute atomic E-state index is 0.0956. The Morgan fingerprint density at radius 2 is 1.85 bits per heavy atom. The van der Waals surface area contributed by atoms with Gasteiger partial charge < -0.3 is 5.32 Å². The van der Waals surface area contributed by atoms with Crippen molar-refractivity contribution in [2.75, 3.05) is 0 Å². The lowest BCUT2D eigenvalue weighted by Gasteiger charge is -2.19. The first kappa shape index (κ1) is 16.5. The van der Waals surface area contributed by atoms with E-state index in [2.05, 4.69) is 52.1 Å². The molecule has 1 aliphatic rings. The molecule has 0 aliphatic carbocycles. The molecule has 1 aliphatic heterocycles.